The summed E-state index contributed by atoms with van der Waals surface area (Å²) in [7, 11) is -5.91. The number of rotatable bonds is 26. The van der Waals surface area contributed by atoms with Crippen LogP contribution < -0.4 is 0 Å². The smallest absolute Gasteiger partial charge is 0.373 e. The molecule has 212 valence electrons. The first-order chi connectivity index (χ1) is 17.0. The highest BCUT2D eigenvalue weighted by Gasteiger charge is 2.56. The molecule has 0 fully saturated rings. The molecule has 0 aliphatic rings. The topological polar surface area (TPSA) is 55.4 Å². The van der Waals surface area contributed by atoms with Gasteiger partial charge in [-0.3, -0.25) is 0 Å². The van der Waals surface area contributed by atoms with Gasteiger partial charge in [0.2, 0.25) is 0 Å². The van der Waals surface area contributed by atoms with E-state index in [-0.39, 0.29) is 9.75 Å². The van der Waals surface area contributed by atoms with E-state index in [0.717, 1.165) is 64.2 Å². The first-order valence-electron chi connectivity index (χ1n) is 14.5. The van der Waals surface area contributed by atoms with E-state index < -0.39 is 17.6 Å². The highest BCUT2D eigenvalue weighted by atomic mass is 32.2. The van der Waals surface area contributed by atoms with Crippen LogP contribution in [0.5, 0.6) is 0 Å². The summed E-state index contributed by atoms with van der Waals surface area (Å²) in [6, 6.07) is 0. The Bertz CT molecular complexity index is 392. The molecule has 0 aromatic rings. The molecule has 6 nitrogen and oxygen atoms in total. The van der Waals surface area contributed by atoms with Crippen LogP contribution >= 0.6 is 11.8 Å². The lowest BCUT2D eigenvalue weighted by molar-refractivity contribution is 0.0549. The monoisotopic (exact) mass is 554 g/mol. The average Bonchev–Trinajstić information content (AvgIpc) is 2.87. The van der Waals surface area contributed by atoms with Crippen molar-refractivity contribution in [2.45, 2.75) is 129 Å². The fourth-order valence-corrected chi connectivity index (χ4v) is 14.6. The van der Waals surface area contributed by atoms with E-state index in [0.29, 0.717) is 39.6 Å². The molecular weight excluding hydrogens is 497 g/mol. The van der Waals surface area contributed by atoms with Gasteiger partial charge in [-0.1, -0.05) is 68.2 Å². The van der Waals surface area contributed by atoms with Crippen LogP contribution in [0.2, 0.25) is 0 Å². The molecule has 0 radical (unpaired) electrons. The van der Waals surface area contributed by atoms with Crippen molar-refractivity contribution in [2.24, 2.45) is 0 Å². The molecule has 2 atom stereocenters. The molecule has 0 spiro atoms. The van der Waals surface area contributed by atoms with Crippen LogP contribution in [0.15, 0.2) is 0 Å². The molecule has 0 aromatic carbocycles. The van der Waals surface area contributed by atoms with E-state index in [1.807, 2.05) is 11.8 Å². The van der Waals surface area contributed by atoms with Gasteiger partial charge < -0.3 is 26.6 Å². The largest absolute Gasteiger partial charge is 0.514 e. The summed E-state index contributed by atoms with van der Waals surface area (Å²) in [5, 5.41) is 0. The van der Waals surface area contributed by atoms with E-state index in [2.05, 4.69) is 55.4 Å². The minimum atomic E-state index is -2.95. The fourth-order valence-electron chi connectivity index (χ4n) is 3.65. The van der Waals surface area contributed by atoms with Crippen molar-refractivity contribution in [2.75, 3.05) is 39.6 Å². The molecule has 0 saturated heterocycles. The summed E-state index contributed by atoms with van der Waals surface area (Å²) >= 11 is 1.93. The predicted molar refractivity (Wildman–Crippen MR) is 154 cm³/mol. The van der Waals surface area contributed by atoms with Gasteiger partial charge >= 0.3 is 17.6 Å². The molecule has 0 N–H and O–H groups in total. The summed E-state index contributed by atoms with van der Waals surface area (Å²) in [4.78, 5) is 0.252. The fraction of sp³-hybridized carbons (Fsp3) is 1.00. The zero-order valence-electron chi connectivity index (χ0n) is 24.3. The number of hydrogen-bond acceptors (Lipinski definition) is 7. The van der Waals surface area contributed by atoms with E-state index in [9.17, 15) is 0 Å². The number of thioether (sulfide) groups is 1. The Labute approximate surface area is 224 Å². The molecule has 9 heteroatoms. The lowest BCUT2D eigenvalue weighted by Gasteiger charge is -2.41. The third kappa shape index (κ3) is 13.3. The Kier molecular flexibility index (Phi) is 22.9. The minimum absolute atomic E-state index is 0.126. The first kappa shape index (κ1) is 35.5. The van der Waals surface area contributed by atoms with Gasteiger partial charge in [0.1, 0.15) is 0 Å². The summed E-state index contributed by atoms with van der Waals surface area (Å²) < 4.78 is 39.6. The second-order valence-electron chi connectivity index (χ2n) is 8.99. The van der Waals surface area contributed by atoms with Gasteiger partial charge in [-0.2, -0.15) is 0 Å². The average molecular weight is 555 g/mol. The molecule has 0 amide bonds. The predicted octanol–water partition coefficient (Wildman–Crippen LogP) is 7.57. The third-order valence-electron chi connectivity index (χ3n) is 5.26. The molecule has 0 heterocycles. The maximum atomic E-state index is 6.60. The standard InChI is InChI=1S/C26H58O6SSi2/c1-9-17-25(34(27-19-11-3,28-20-12-4)29-21-13-5)33-26(18-10-2)35(30-22-14-6,31-23-15-7)32-24-16-8/h25-26H,9-24H2,1-8H3. The van der Waals surface area contributed by atoms with Crippen molar-refractivity contribution in [3.63, 3.8) is 0 Å². The van der Waals surface area contributed by atoms with E-state index in [1.54, 1.807) is 0 Å². The zero-order valence-corrected chi connectivity index (χ0v) is 27.1. The second-order valence-corrected chi connectivity index (χ2v) is 16.8. The highest BCUT2D eigenvalue weighted by molar-refractivity contribution is 8.03. The Morgan fingerprint density at radius 1 is 0.400 bits per heavy atom. The quantitative estimate of drug-likeness (QED) is 0.102. The third-order valence-corrected chi connectivity index (χ3v) is 14.7. The molecule has 0 aliphatic heterocycles. The van der Waals surface area contributed by atoms with Crippen molar-refractivity contribution in [3.8, 4) is 0 Å². The van der Waals surface area contributed by atoms with Gasteiger partial charge in [0.05, 0.1) is 9.75 Å². The van der Waals surface area contributed by atoms with Crippen LogP contribution in [0.3, 0.4) is 0 Å². The zero-order chi connectivity index (χ0) is 26.4. The van der Waals surface area contributed by atoms with Crippen LogP contribution in [0.4, 0.5) is 0 Å². The van der Waals surface area contributed by atoms with Crippen LogP contribution in [0.25, 0.3) is 0 Å². The van der Waals surface area contributed by atoms with Crippen molar-refractivity contribution >= 4 is 29.4 Å². The van der Waals surface area contributed by atoms with Crippen molar-refractivity contribution in [1.82, 2.24) is 0 Å². The number of hydrogen-bond donors (Lipinski definition) is 0. The Hall–Kier alpha value is 0.544. The van der Waals surface area contributed by atoms with Gasteiger partial charge in [0.15, 0.2) is 0 Å². The Morgan fingerprint density at radius 2 is 0.629 bits per heavy atom. The van der Waals surface area contributed by atoms with Crippen molar-refractivity contribution < 1.29 is 26.6 Å². The molecule has 0 rings (SSSR count). The summed E-state index contributed by atoms with van der Waals surface area (Å²) in [5.41, 5.74) is 0. The van der Waals surface area contributed by atoms with Crippen LogP contribution in [0, 0.1) is 0 Å². The van der Waals surface area contributed by atoms with Gasteiger partial charge in [-0.25, -0.2) is 0 Å². The van der Waals surface area contributed by atoms with E-state index in [4.69, 9.17) is 26.6 Å². The SMILES string of the molecule is CCCO[Si](OCCC)(OCCC)C(CCC)SC(CCC)[Si](OCCC)(OCCC)OCCC. The molecule has 0 bridgehead atoms. The normalized spacial score (nSPS) is 14.4. The van der Waals surface area contributed by atoms with E-state index in [1.165, 1.54) is 0 Å². The van der Waals surface area contributed by atoms with Crippen LogP contribution in [-0.4, -0.2) is 67.0 Å². The lowest BCUT2D eigenvalue weighted by atomic mass is 10.4. The second kappa shape index (κ2) is 22.5. The summed E-state index contributed by atoms with van der Waals surface area (Å²) in [6.45, 7) is 21.3. The molecule has 35 heavy (non-hydrogen) atoms. The lowest BCUT2D eigenvalue weighted by Crippen LogP contribution is -2.60. The first-order valence-corrected chi connectivity index (χ1v) is 19.0. The molecule has 0 saturated carbocycles. The minimum Gasteiger partial charge on any atom is -0.373 e. The Morgan fingerprint density at radius 3 is 0.800 bits per heavy atom. The molecule has 2 unspecified atom stereocenters. The molecule has 0 aromatic heterocycles. The highest BCUT2D eigenvalue weighted by Crippen LogP contribution is 2.39. The molecule has 0 aliphatic carbocycles. The molecular formula is C26H58O6SSi2. The maximum absolute atomic E-state index is 6.60. The van der Waals surface area contributed by atoms with Crippen molar-refractivity contribution in [3.05, 3.63) is 0 Å². The van der Waals surface area contributed by atoms with Gasteiger partial charge in [-0.05, 0) is 51.4 Å². The van der Waals surface area contributed by atoms with Crippen LogP contribution in [0.1, 0.15) is 120 Å². The summed E-state index contributed by atoms with van der Waals surface area (Å²) in [5.74, 6) is 0. The van der Waals surface area contributed by atoms with Gasteiger partial charge in [0.25, 0.3) is 0 Å². The maximum Gasteiger partial charge on any atom is 0.514 e. The summed E-state index contributed by atoms with van der Waals surface area (Å²) in [6.07, 6.45) is 9.71. The van der Waals surface area contributed by atoms with Crippen LogP contribution in [-0.2, 0) is 26.6 Å². The van der Waals surface area contributed by atoms with Gasteiger partial charge in [-0.15, -0.1) is 11.8 Å². The van der Waals surface area contributed by atoms with Gasteiger partial charge in [0, 0.05) is 39.6 Å². The van der Waals surface area contributed by atoms with Crippen molar-refractivity contribution in [1.29, 1.82) is 0 Å². The Balaban J connectivity index is 6.40. The van der Waals surface area contributed by atoms with E-state index >= 15 is 0 Å².